The maximum absolute atomic E-state index is 14.7. The van der Waals surface area contributed by atoms with Gasteiger partial charge in [-0.15, -0.1) is 22.7 Å². The average Bonchev–Trinajstić information content (AvgIpc) is 3.67. The van der Waals surface area contributed by atoms with Crippen molar-refractivity contribution in [1.82, 2.24) is 36.1 Å². The molecule has 18 nitrogen and oxygen atoms in total. The predicted octanol–water partition coefficient (Wildman–Crippen LogP) is 6.74. The van der Waals surface area contributed by atoms with Crippen LogP contribution < -0.4 is 36.2 Å². The topological polar surface area (TPSA) is 241 Å². The number of ether oxygens (including phenoxy) is 1. The third-order valence-corrected chi connectivity index (χ3v) is 18.5. The number of amides is 5. The molecule has 3 aromatic carbocycles. The quantitative estimate of drug-likeness (QED) is 0.0418. The van der Waals surface area contributed by atoms with Crippen LogP contribution >= 0.6 is 22.7 Å². The first kappa shape index (κ1) is 57.8. The molecule has 5 amide bonds. The van der Waals surface area contributed by atoms with E-state index in [9.17, 15) is 41.9 Å². The number of aromatic nitrogens is 2. The monoisotopic (exact) mass is 1130 g/mol. The lowest BCUT2D eigenvalue weighted by molar-refractivity contribution is -0.145. The molecule has 0 unspecified atom stereocenters. The molecule has 1 saturated carbocycles. The average molecular weight is 1130 g/mol. The third kappa shape index (κ3) is 13.9. The Hall–Kier alpha value is -6.33. The molecule has 0 radical (unpaired) electrons. The van der Waals surface area contributed by atoms with Gasteiger partial charge < -0.3 is 46.2 Å². The van der Waals surface area contributed by atoms with Crippen molar-refractivity contribution in [2.24, 2.45) is 5.41 Å². The summed E-state index contributed by atoms with van der Waals surface area (Å²) in [5.74, 6) is -2.28. The minimum atomic E-state index is -3.60. The molecule has 22 heteroatoms. The Morgan fingerprint density at radius 3 is 2.41 bits per heavy atom. The summed E-state index contributed by atoms with van der Waals surface area (Å²) in [5.41, 5.74) is 4.92. The number of nitrogens with zero attached hydrogens (tertiary/aromatic N) is 4. The molecule has 2 aromatic heterocycles. The summed E-state index contributed by atoms with van der Waals surface area (Å²) in [6, 6.07) is 16.6. The van der Waals surface area contributed by atoms with Gasteiger partial charge in [-0.05, 0) is 113 Å². The molecule has 2 saturated heterocycles. The molecule has 4 heterocycles. The predicted molar refractivity (Wildman–Crippen MR) is 300 cm³/mol. The van der Waals surface area contributed by atoms with Crippen LogP contribution in [0.15, 0.2) is 76.4 Å². The van der Waals surface area contributed by atoms with Gasteiger partial charge in [0.2, 0.25) is 17.7 Å². The van der Waals surface area contributed by atoms with Gasteiger partial charge in [-0.1, -0.05) is 51.1 Å². The van der Waals surface area contributed by atoms with Gasteiger partial charge in [0.15, 0.2) is 20.6 Å². The molecule has 418 valence electrons. The van der Waals surface area contributed by atoms with Crippen LogP contribution in [0.2, 0.25) is 0 Å². The van der Waals surface area contributed by atoms with Crippen LogP contribution in [0.4, 0.5) is 15.2 Å². The van der Waals surface area contributed by atoms with Gasteiger partial charge in [0.25, 0.3) is 11.8 Å². The number of halogens is 1. The van der Waals surface area contributed by atoms with E-state index < -0.39 is 73.9 Å². The van der Waals surface area contributed by atoms with E-state index in [0.717, 1.165) is 71.8 Å². The summed E-state index contributed by atoms with van der Waals surface area (Å²) in [6.07, 6.45) is 1.85. The van der Waals surface area contributed by atoms with Crippen LogP contribution in [0, 0.1) is 19.3 Å². The SMILES string of the molecule is Cc1ccc(C(=O)NCC(=O)Nc2nc(-c3cccc(N4CCC(NCCCOc5cc(-c6scnc6C)ccc5CNC(=O)[C@@H]5C[C@@H](O)CN5C(=O)[C@@H](NC(=O)C5(F)CC5)C(C)(C)C)CC4)c3)cs2)cc1S(=O)(=O)C(C)C. The van der Waals surface area contributed by atoms with Crippen LogP contribution in [-0.2, 0) is 35.6 Å². The Kier molecular flexibility index (Phi) is 18.1. The molecule has 0 spiro atoms. The van der Waals surface area contributed by atoms with E-state index in [2.05, 4.69) is 53.6 Å². The maximum atomic E-state index is 14.7. The van der Waals surface area contributed by atoms with Gasteiger partial charge in [-0.3, -0.25) is 24.0 Å². The number of carbonyl (C=O) groups excluding carboxylic acids is 5. The number of thiazole rings is 2. The Balaban J connectivity index is 0.799. The first-order valence-electron chi connectivity index (χ1n) is 26.4. The highest BCUT2D eigenvalue weighted by Crippen LogP contribution is 2.41. The van der Waals surface area contributed by atoms with Gasteiger partial charge in [0.05, 0.1) is 51.2 Å². The number of nitrogens with one attached hydrogen (secondary N) is 5. The zero-order valence-electron chi connectivity index (χ0n) is 45.1. The van der Waals surface area contributed by atoms with Crippen molar-refractivity contribution in [1.29, 1.82) is 0 Å². The summed E-state index contributed by atoms with van der Waals surface area (Å²) >= 11 is 2.80. The van der Waals surface area contributed by atoms with E-state index in [1.54, 1.807) is 53.1 Å². The van der Waals surface area contributed by atoms with Gasteiger partial charge in [0.1, 0.15) is 17.8 Å². The van der Waals surface area contributed by atoms with Crippen molar-refractivity contribution in [2.75, 3.05) is 49.5 Å². The Morgan fingerprint density at radius 1 is 0.962 bits per heavy atom. The second-order valence-corrected chi connectivity index (χ2v) is 25.9. The van der Waals surface area contributed by atoms with E-state index in [-0.39, 0.29) is 49.4 Å². The van der Waals surface area contributed by atoms with Crippen molar-refractivity contribution in [2.45, 2.75) is 134 Å². The first-order chi connectivity index (χ1) is 37.0. The summed E-state index contributed by atoms with van der Waals surface area (Å²) < 4.78 is 46.7. The van der Waals surface area contributed by atoms with Crippen molar-refractivity contribution >= 4 is 72.9 Å². The summed E-state index contributed by atoms with van der Waals surface area (Å²) in [5, 5.41) is 26.9. The van der Waals surface area contributed by atoms with Gasteiger partial charge in [-0.2, -0.15) is 0 Å². The molecule has 8 rings (SSSR count). The number of β-amino-alcohol motifs (C(OH)–C–C–N with tert-alkyl or cyclic N) is 1. The largest absolute Gasteiger partial charge is 0.493 e. The van der Waals surface area contributed by atoms with Crippen molar-refractivity contribution in [3.63, 3.8) is 0 Å². The van der Waals surface area contributed by atoms with E-state index in [1.807, 2.05) is 42.6 Å². The molecule has 1 aliphatic carbocycles. The van der Waals surface area contributed by atoms with Crippen LogP contribution in [0.1, 0.15) is 100 Å². The maximum Gasteiger partial charge on any atom is 0.258 e. The number of aliphatic hydroxyl groups is 1. The highest BCUT2D eigenvalue weighted by molar-refractivity contribution is 7.92. The van der Waals surface area contributed by atoms with Gasteiger partial charge in [-0.25, -0.2) is 22.8 Å². The van der Waals surface area contributed by atoms with Gasteiger partial charge in [0, 0.05) is 66.4 Å². The summed E-state index contributed by atoms with van der Waals surface area (Å²) in [4.78, 5) is 80.1. The second-order valence-electron chi connectivity index (χ2n) is 21.8. The summed E-state index contributed by atoms with van der Waals surface area (Å²) in [7, 11) is -3.60. The fraction of sp³-hybridized carbons (Fsp3) is 0.482. The lowest BCUT2D eigenvalue weighted by atomic mass is 9.85. The molecule has 5 aromatic rings. The Labute approximate surface area is 463 Å². The smallest absolute Gasteiger partial charge is 0.258 e. The minimum Gasteiger partial charge on any atom is -0.493 e. The Bertz CT molecular complexity index is 3130. The minimum absolute atomic E-state index is 0.0178. The lowest BCUT2D eigenvalue weighted by Gasteiger charge is -2.35. The molecule has 3 fully saturated rings. The summed E-state index contributed by atoms with van der Waals surface area (Å²) in [6.45, 7) is 14.6. The van der Waals surface area contributed by atoms with E-state index in [1.165, 1.54) is 39.7 Å². The number of hydrogen-bond acceptors (Lipinski definition) is 15. The third-order valence-electron chi connectivity index (χ3n) is 14.4. The number of aliphatic hydroxyl groups excluding tert-OH is 1. The highest BCUT2D eigenvalue weighted by atomic mass is 32.2. The van der Waals surface area contributed by atoms with Crippen LogP contribution in [-0.4, -0.2) is 132 Å². The number of sulfone groups is 1. The molecule has 2 aliphatic heterocycles. The molecule has 3 aliphatic rings. The zero-order chi connectivity index (χ0) is 56.1. The zero-order valence-corrected chi connectivity index (χ0v) is 47.6. The van der Waals surface area contributed by atoms with E-state index in [0.29, 0.717) is 34.8 Å². The number of piperidine rings is 1. The van der Waals surface area contributed by atoms with Crippen LogP contribution in [0.3, 0.4) is 0 Å². The molecule has 6 N–H and O–H groups in total. The molecule has 0 bridgehead atoms. The number of carbonyl (C=O) groups is 5. The number of benzene rings is 3. The standard InChI is InChI=1S/C56H70FN9O9S3/c1-33(2)78(73,74)46-26-38(13-12-34(46)3)50(69)60-29-47(68)63-54-62-43(31-76-54)36-10-8-11-41(24-36)65-21-16-40(17-22-65)58-20-9-23-75-45-25-37(48-35(4)61-32-77-48)14-15-39(45)28-59-51(70)44-27-42(67)30-66(44)52(71)49(55(5,6)7)64-53(72)56(57)18-19-56/h8,10-15,24-26,31-33,40,42,44,49,58,67H,9,16-23,27-30H2,1-7H3,(H,59,70)(H,60,69)(H,64,72)(H,62,63,68)/t42-,44+,49-/m1/s1. The highest BCUT2D eigenvalue weighted by Gasteiger charge is 2.53. The fourth-order valence-corrected chi connectivity index (χ4v) is 12.4. The fourth-order valence-electron chi connectivity index (χ4n) is 9.53. The number of hydrogen-bond donors (Lipinski definition) is 6. The lowest BCUT2D eigenvalue weighted by Crippen LogP contribution is -2.59. The number of likely N-dealkylation sites (tertiary alicyclic amines) is 1. The normalized spacial score (nSPS) is 17.9. The van der Waals surface area contributed by atoms with E-state index in [4.69, 9.17) is 4.74 Å². The molecule has 3 atom stereocenters. The number of alkyl halides is 1. The van der Waals surface area contributed by atoms with Crippen LogP contribution in [0.25, 0.3) is 21.7 Å². The number of rotatable bonds is 21. The van der Waals surface area contributed by atoms with Crippen molar-refractivity contribution in [3.8, 4) is 27.4 Å². The first-order valence-corrected chi connectivity index (χ1v) is 29.7. The Morgan fingerprint density at radius 2 is 1.72 bits per heavy atom. The number of anilines is 2. The molecular formula is C56H70FN9O9S3. The molecular weight excluding hydrogens is 1060 g/mol. The van der Waals surface area contributed by atoms with Crippen molar-refractivity contribution < 1.29 is 46.6 Å². The van der Waals surface area contributed by atoms with Gasteiger partial charge >= 0.3 is 0 Å². The van der Waals surface area contributed by atoms with Crippen LogP contribution in [0.5, 0.6) is 5.75 Å². The molecule has 78 heavy (non-hydrogen) atoms. The second kappa shape index (κ2) is 24.4. The van der Waals surface area contributed by atoms with Crippen molar-refractivity contribution in [3.05, 3.63) is 93.9 Å². The number of aryl methyl sites for hydroxylation is 2. The van der Waals surface area contributed by atoms with E-state index >= 15 is 0 Å².